The van der Waals surface area contributed by atoms with Crippen LogP contribution in [0.25, 0.3) is 0 Å². The van der Waals surface area contributed by atoms with Gasteiger partial charge < -0.3 is 9.84 Å². The molecular formula is C15H15FO2. The molecule has 0 aliphatic heterocycles. The SMILES string of the molecule is CCOc1cccc(C(O)c2ccccc2F)c1. The van der Waals surface area contributed by atoms with Crippen molar-refractivity contribution in [3.05, 3.63) is 65.5 Å². The van der Waals surface area contributed by atoms with E-state index in [1.54, 1.807) is 42.5 Å². The third kappa shape index (κ3) is 2.68. The highest BCUT2D eigenvalue weighted by Gasteiger charge is 2.14. The second-order valence-electron chi connectivity index (χ2n) is 3.93. The summed E-state index contributed by atoms with van der Waals surface area (Å²) in [6.45, 7) is 2.44. The van der Waals surface area contributed by atoms with Gasteiger partial charge >= 0.3 is 0 Å². The number of aliphatic hydroxyl groups excluding tert-OH is 1. The molecule has 0 fully saturated rings. The lowest BCUT2D eigenvalue weighted by Gasteiger charge is -2.13. The van der Waals surface area contributed by atoms with Crippen molar-refractivity contribution in [3.8, 4) is 5.75 Å². The minimum atomic E-state index is -0.980. The van der Waals surface area contributed by atoms with Crippen molar-refractivity contribution >= 4 is 0 Å². The van der Waals surface area contributed by atoms with Crippen molar-refractivity contribution in [2.24, 2.45) is 0 Å². The predicted molar refractivity (Wildman–Crippen MR) is 68.1 cm³/mol. The van der Waals surface area contributed by atoms with Crippen LogP contribution in [0.15, 0.2) is 48.5 Å². The zero-order chi connectivity index (χ0) is 13.0. The summed E-state index contributed by atoms with van der Waals surface area (Å²) in [7, 11) is 0. The number of benzene rings is 2. The van der Waals surface area contributed by atoms with Gasteiger partial charge in [-0.15, -0.1) is 0 Å². The summed E-state index contributed by atoms with van der Waals surface area (Å²) in [5, 5.41) is 10.2. The normalized spacial score (nSPS) is 12.2. The van der Waals surface area contributed by atoms with Crippen LogP contribution in [-0.2, 0) is 0 Å². The van der Waals surface area contributed by atoms with Crippen LogP contribution < -0.4 is 4.74 Å². The van der Waals surface area contributed by atoms with Crippen LogP contribution in [-0.4, -0.2) is 11.7 Å². The average molecular weight is 246 g/mol. The summed E-state index contributed by atoms with van der Waals surface area (Å²) in [6, 6.07) is 13.3. The van der Waals surface area contributed by atoms with Crippen LogP contribution >= 0.6 is 0 Å². The summed E-state index contributed by atoms with van der Waals surface area (Å²) in [5.41, 5.74) is 0.886. The molecule has 0 aromatic heterocycles. The van der Waals surface area contributed by atoms with Crippen LogP contribution in [0.1, 0.15) is 24.2 Å². The first kappa shape index (κ1) is 12.6. The van der Waals surface area contributed by atoms with Gasteiger partial charge in [-0.3, -0.25) is 0 Å². The van der Waals surface area contributed by atoms with Gasteiger partial charge in [0.25, 0.3) is 0 Å². The molecule has 18 heavy (non-hydrogen) atoms. The van der Waals surface area contributed by atoms with Gasteiger partial charge in [-0.1, -0.05) is 30.3 Å². The summed E-state index contributed by atoms with van der Waals surface area (Å²) in [4.78, 5) is 0. The van der Waals surface area contributed by atoms with Crippen LogP contribution in [0.2, 0.25) is 0 Å². The number of rotatable bonds is 4. The molecule has 0 saturated carbocycles. The van der Waals surface area contributed by atoms with Crippen molar-refractivity contribution in [2.75, 3.05) is 6.61 Å². The Kier molecular flexibility index (Phi) is 3.95. The Morgan fingerprint density at radius 2 is 1.94 bits per heavy atom. The summed E-state index contributed by atoms with van der Waals surface area (Å²) in [6.07, 6.45) is -0.980. The van der Waals surface area contributed by atoms with Crippen molar-refractivity contribution < 1.29 is 14.2 Å². The first-order valence-electron chi connectivity index (χ1n) is 5.87. The third-order valence-corrected chi connectivity index (χ3v) is 2.68. The monoisotopic (exact) mass is 246 g/mol. The predicted octanol–water partition coefficient (Wildman–Crippen LogP) is 3.31. The highest BCUT2D eigenvalue weighted by atomic mass is 19.1. The Morgan fingerprint density at radius 3 is 2.67 bits per heavy atom. The van der Waals surface area contributed by atoms with Gasteiger partial charge in [-0.2, -0.15) is 0 Å². The van der Waals surface area contributed by atoms with Crippen LogP contribution in [0, 0.1) is 5.82 Å². The Bertz CT molecular complexity index is 525. The van der Waals surface area contributed by atoms with E-state index in [2.05, 4.69) is 0 Å². The molecule has 2 aromatic carbocycles. The van der Waals surface area contributed by atoms with Crippen molar-refractivity contribution in [1.82, 2.24) is 0 Å². The zero-order valence-corrected chi connectivity index (χ0v) is 10.1. The van der Waals surface area contributed by atoms with Gasteiger partial charge in [0.1, 0.15) is 17.7 Å². The number of hydrogen-bond acceptors (Lipinski definition) is 2. The Morgan fingerprint density at radius 1 is 1.17 bits per heavy atom. The molecule has 0 heterocycles. The third-order valence-electron chi connectivity index (χ3n) is 2.68. The van der Waals surface area contributed by atoms with Crippen molar-refractivity contribution in [2.45, 2.75) is 13.0 Å². The Labute approximate surface area is 106 Å². The van der Waals surface area contributed by atoms with Gasteiger partial charge in [-0.25, -0.2) is 4.39 Å². The van der Waals surface area contributed by atoms with E-state index >= 15 is 0 Å². The van der Waals surface area contributed by atoms with Crippen molar-refractivity contribution in [1.29, 1.82) is 0 Å². The first-order valence-corrected chi connectivity index (χ1v) is 5.87. The number of aliphatic hydroxyl groups is 1. The largest absolute Gasteiger partial charge is 0.494 e. The highest BCUT2D eigenvalue weighted by Crippen LogP contribution is 2.26. The molecule has 94 valence electrons. The standard InChI is InChI=1S/C15H15FO2/c1-2-18-12-7-5-6-11(10-12)15(17)13-8-3-4-9-14(13)16/h3-10,15,17H,2H2,1H3. The lowest BCUT2D eigenvalue weighted by atomic mass is 10.0. The van der Waals surface area contributed by atoms with E-state index in [0.29, 0.717) is 17.9 Å². The number of halogens is 1. The van der Waals surface area contributed by atoms with E-state index in [4.69, 9.17) is 4.74 Å². The van der Waals surface area contributed by atoms with Gasteiger partial charge in [0.2, 0.25) is 0 Å². The molecule has 0 saturated heterocycles. The fraction of sp³-hybridized carbons (Fsp3) is 0.200. The second-order valence-corrected chi connectivity index (χ2v) is 3.93. The maximum Gasteiger partial charge on any atom is 0.129 e. The number of hydrogen-bond donors (Lipinski definition) is 1. The molecule has 1 unspecified atom stereocenters. The molecule has 1 N–H and O–H groups in total. The fourth-order valence-corrected chi connectivity index (χ4v) is 1.82. The van der Waals surface area contributed by atoms with E-state index in [1.807, 2.05) is 6.92 Å². The minimum absolute atomic E-state index is 0.270. The summed E-state index contributed by atoms with van der Waals surface area (Å²) >= 11 is 0. The van der Waals surface area contributed by atoms with E-state index < -0.39 is 11.9 Å². The molecule has 0 radical (unpaired) electrons. The first-order chi connectivity index (χ1) is 8.72. The van der Waals surface area contributed by atoms with Crippen LogP contribution in [0.4, 0.5) is 4.39 Å². The summed E-state index contributed by atoms with van der Waals surface area (Å²) in [5.74, 6) is 0.261. The topological polar surface area (TPSA) is 29.5 Å². The minimum Gasteiger partial charge on any atom is -0.494 e. The zero-order valence-electron chi connectivity index (χ0n) is 10.1. The molecule has 2 nitrogen and oxygen atoms in total. The lowest BCUT2D eigenvalue weighted by molar-refractivity contribution is 0.214. The fourth-order valence-electron chi connectivity index (χ4n) is 1.82. The molecule has 0 aliphatic carbocycles. The smallest absolute Gasteiger partial charge is 0.129 e. The molecule has 0 bridgehead atoms. The van der Waals surface area contributed by atoms with Gasteiger partial charge in [0.05, 0.1) is 6.61 Å². The maximum absolute atomic E-state index is 13.6. The molecule has 2 aromatic rings. The summed E-state index contributed by atoms with van der Waals surface area (Å²) < 4.78 is 18.9. The van der Waals surface area contributed by atoms with Gasteiger partial charge in [0.15, 0.2) is 0 Å². The molecule has 2 rings (SSSR count). The molecule has 0 spiro atoms. The Hall–Kier alpha value is -1.87. The lowest BCUT2D eigenvalue weighted by Crippen LogP contribution is -2.03. The van der Waals surface area contributed by atoms with E-state index in [-0.39, 0.29) is 5.56 Å². The number of ether oxygens (including phenoxy) is 1. The molecule has 3 heteroatoms. The Balaban J connectivity index is 2.31. The van der Waals surface area contributed by atoms with E-state index in [1.165, 1.54) is 6.07 Å². The molecular weight excluding hydrogens is 231 g/mol. The maximum atomic E-state index is 13.6. The van der Waals surface area contributed by atoms with Crippen molar-refractivity contribution in [3.63, 3.8) is 0 Å². The average Bonchev–Trinajstić information content (AvgIpc) is 2.39. The van der Waals surface area contributed by atoms with E-state index in [9.17, 15) is 9.50 Å². The van der Waals surface area contributed by atoms with Crippen LogP contribution in [0.5, 0.6) is 5.75 Å². The molecule has 1 atom stereocenters. The quantitative estimate of drug-likeness (QED) is 0.896. The highest BCUT2D eigenvalue weighted by molar-refractivity contribution is 5.35. The molecule has 0 amide bonds. The van der Waals surface area contributed by atoms with Crippen LogP contribution in [0.3, 0.4) is 0 Å². The van der Waals surface area contributed by atoms with Gasteiger partial charge in [0, 0.05) is 5.56 Å². The second kappa shape index (κ2) is 5.65. The molecule has 0 aliphatic rings. The van der Waals surface area contributed by atoms with Gasteiger partial charge in [-0.05, 0) is 30.7 Å². The van der Waals surface area contributed by atoms with E-state index in [0.717, 1.165) is 0 Å².